The van der Waals surface area contributed by atoms with E-state index >= 15 is 0 Å². The van der Waals surface area contributed by atoms with Crippen molar-refractivity contribution in [3.05, 3.63) is 10.8 Å². The number of halogens is 1. The second-order valence-electron chi connectivity index (χ2n) is 4.69. The van der Waals surface area contributed by atoms with Crippen molar-refractivity contribution >= 4 is 27.6 Å². The minimum atomic E-state index is 0.410. The van der Waals surface area contributed by atoms with Gasteiger partial charge in [-0.3, -0.25) is 0 Å². The molecule has 1 heterocycles. The van der Waals surface area contributed by atoms with E-state index in [1.165, 1.54) is 19.2 Å². The highest BCUT2D eigenvalue weighted by atomic mass is 79.9. The fourth-order valence-electron chi connectivity index (χ4n) is 1.78. The van der Waals surface area contributed by atoms with Gasteiger partial charge in [0.05, 0.1) is 0 Å². The molecule has 2 rings (SSSR count). The Hall–Kier alpha value is -0.880. The first-order valence-electron chi connectivity index (χ1n) is 5.87. The largest absolute Gasteiger partial charge is 0.353 e. The molecule has 94 valence electrons. The van der Waals surface area contributed by atoms with Crippen LogP contribution in [0.1, 0.15) is 26.7 Å². The number of hydrogen-bond acceptors (Lipinski definition) is 5. The predicted molar refractivity (Wildman–Crippen MR) is 72.7 cm³/mol. The summed E-state index contributed by atoms with van der Waals surface area (Å²) >= 11 is 3.51. The highest BCUT2D eigenvalue weighted by Crippen LogP contribution is 2.35. The van der Waals surface area contributed by atoms with Crippen molar-refractivity contribution in [3.63, 3.8) is 0 Å². The molecule has 1 saturated carbocycles. The third-order valence-electron chi connectivity index (χ3n) is 2.96. The number of nitrogens with two attached hydrogens (primary N) is 1. The first-order valence-corrected chi connectivity index (χ1v) is 6.66. The van der Waals surface area contributed by atoms with Crippen LogP contribution in [0.3, 0.4) is 0 Å². The third-order valence-corrected chi connectivity index (χ3v) is 3.69. The Labute approximate surface area is 110 Å². The smallest absolute Gasteiger partial charge is 0.159 e. The van der Waals surface area contributed by atoms with E-state index in [0.29, 0.717) is 11.9 Å². The fourth-order valence-corrected chi connectivity index (χ4v) is 2.33. The van der Waals surface area contributed by atoms with Crippen molar-refractivity contribution in [2.75, 3.05) is 16.9 Å². The molecule has 1 aromatic rings. The molecule has 0 spiro atoms. The third kappa shape index (κ3) is 2.87. The summed E-state index contributed by atoms with van der Waals surface area (Å²) in [7, 11) is 0. The molecule has 0 atom stereocenters. The van der Waals surface area contributed by atoms with Gasteiger partial charge in [-0.15, -0.1) is 0 Å². The Morgan fingerprint density at radius 3 is 2.76 bits per heavy atom. The summed E-state index contributed by atoms with van der Waals surface area (Å²) in [5.74, 6) is 7.77. The van der Waals surface area contributed by atoms with Crippen molar-refractivity contribution < 1.29 is 0 Å². The Balaban J connectivity index is 2.27. The summed E-state index contributed by atoms with van der Waals surface area (Å²) in [6.07, 6.45) is 4.19. The van der Waals surface area contributed by atoms with Crippen LogP contribution < -0.4 is 16.2 Å². The van der Waals surface area contributed by atoms with Crippen LogP contribution in [0.2, 0.25) is 0 Å². The lowest BCUT2D eigenvalue weighted by Crippen LogP contribution is -2.34. The highest BCUT2D eigenvalue weighted by molar-refractivity contribution is 9.10. The van der Waals surface area contributed by atoms with Gasteiger partial charge in [-0.25, -0.2) is 15.8 Å². The lowest BCUT2D eigenvalue weighted by Gasteiger charge is -2.29. The van der Waals surface area contributed by atoms with E-state index in [0.717, 1.165) is 22.8 Å². The van der Waals surface area contributed by atoms with Gasteiger partial charge in [0.25, 0.3) is 0 Å². The number of nitrogen functional groups attached to an aromatic ring is 1. The van der Waals surface area contributed by atoms with E-state index < -0.39 is 0 Å². The maximum Gasteiger partial charge on any atom is 0.159 e. The molecule has 6 heteroatoms. The first-order chi connectivity index (χ1) is 8.13. The van der Waals surface area contributed by atoms with Gasteiger partial charge in [-0.1, -0.05) is 0 Å². The van der Waals surface area contributed by atoms with Gasteiger partial charge in [0.1, 0.15) is 16.6 Å². The van der Waals surface area contributed by atoms with Crippen LogP contribution in [0, 0.1) is 5.92 Å². The summed E-state index contributed by atoms with van der Waals surface area (Å²) in [6.45, 7) is 5.40. The Bertz CT molecular complexity index is 391. The lowest BCUT2D eigenvalue weighted by atomic mass is 10.2. The molecule has 0 bridgehead atoms. The van der Waals surface area contributed by atoms with Gasteiger partial charge < -0.3 is 10.3 Å². The van der Waals surface area contributed by atoms with Crippen molar-refractivity contribution in [2.24, 2.45) is 11.8 Å². The average Bonchev–Trinajstić information content (AvgIpc) is 3.10. The molecule has 17 heavy (non-hydrogen) atoms. The summed E-state index contributed by atoms with van der Waals surface area (Å²) in [5, 5.41) is 0. The van der Waals surface area contributed by atoms with Crippen molar-refractivity contribution in [1.82, 2.24) is 9.97 Å². The number of nitrogens with zero attached hydrogens (tertiary/aromatic N) is 3. The van der Waals surface area contributed by atoms with Gasteiger partial charge in [0, 0.05) is 12.6 Å². The SMILES string of the molecule is CC(C)N(CC1CC1)c1ncnc(NN)c1Br. The van der Waals surface area contributed by atoms with E-state index in [1.54, 1.807) is 0 Å². The molecule has 1 fully saturated rings. The monoisotopic (exact) mass is 299 g/mol. The Kier molecular flexibility index (Phi) is 3.83. The zero-order valence-electron chi connectivity index (χ0n) is 10.2. The normalized spacial score (nSPS) is 15.1. The second kappa shape index (κ2) is 5.18. The zero-order valence-corrected chi connectivity index (χ0v) is 11.7. The molecule has 0 radical (unpaired) electrons. The van der Waals surface area contributed by atoms with E-state index in [1.807, 2.05) is 0 Å². The molecule has 3 N–H and O–H groups in total. The van der Waals surface area contributed by atoms with Crippen molar-refractivity contribution in [3.8, 4) is 0 Å². The lowest BCUT2D eigenvalue weighted by molar-refractivity contribution is 0.634. The van der Waals surface area contributed by atoms with Crippen LogP contribution in [-0.4, -0.2) is 22.6 Å². The van der Waals surface area contributed by atoms with Crippen molar-refractivity contribution in [1.29, 1.82) is 0 Å². The van der Waals surface area contributed by atoms with Crippen LogP contribution in [0.25, 0.3) is 0 Å². The molecule has 1 aromatic heterocycles. The molecule has 0 amide bonds. The molecule has 5 nitrogen and oxygen atoms in total. The number of aromatic nitrogens is 2. The quantitative estimate of drug-likeness (QED) is 0.644. The highest BCUT2D eigenvalue weighted by Gasteiger charge is 2.27. The standard InChI is InChI=1S/C11H18BrN5/c1-7(2)17(5-8-3-4-8)11-9(12)10(16-13)14-6-15-11/h6-8H,3-5,13H2,1-2H3,(H,14,15,16). The van der Waals surface area contributed by atoms with E-state index in [4.69, 9.17) is 5.84 Å². The van der Waals surface area contributed by atoms with Crippen LogP contribution in [0.5, 0.6) is 0 Å². The predicted octanol–water partition coefficient (Wildman–Crippen LogP) is 2.15. The number of nitrogens with one attached hydrogen (secondary N) is 1. The molecule has 0 aliphatic heterocycles. The van der Waals surface area contributed by atoms with Gasteiger partial charge >= 0.3 is 0 Å². The van der Waals surface area contributed by atoms with Gasteiger partial charge in [0.2, 0.25) is 0 Å². The zero-order chi connectivity index (χ0) is 12.4. The summed E-state index contributed by atoms with van der Waals surface area (Å²) in [6, 6.07) is 0.410. The molecule has 0 saturated heterocycles. The second-order valence-corrected chi connectivity index (χ2v) is 5.49. The molecule has 1 aliphatic carbocycles. The van der Waals surface area contributed by atoms with Crippen LogP contribution in [0.15, 0.2) is 10.8 Å². The van der Waals surface area contributed by atoms with Crippen LogP contribution in [-0.2, 0) is 0 Å². The molecule has 0 unspecified atom stereocenters. The van der Waals surface area contributed by atoms with Crippen molar-refractivity contribution in [2.45, 2.75) is 32.7 Å². The first kappa shape index (κ1) is 12.6. The van der Waals surface area contributed by atoms with E-state index in [-0.39, 0.29) is 0 Å². The Morgan fingerprint density at radius 1 is 1.53 bits per heavy atom. The minimum absolute atomic E-state index is 0.410. The number of hydrazine groups is 1. The van der Waals surface area contributed by atoms with Gasteiger partial charge in [-0.2, -0.15) is 0 Å². The van der Waals surface area contributed by atoms with Crippen LogP contribution in [0.4, 0.5) is 11.6 Å². The van der Waals surface area contributed by atoms with E-state index in [9.17, 15) is 0 Å². The molecule has 0 aromatic carbocycles. The van der Waals surface area contributed by atoms with E-state index in [2.05, 4.69) is 50.1 Å². The number of anilines is 2. The summed E-state index contributed by atoms with van der Waals surface area (Å²) < 4.78 is 0.830. The van der Waals surface area contributed by atoms with Crippen LogP contribution >= 0.6 is 15.9 Å². The molecular weight excluding hydrogens is 282 g/mol. The van der Waals surface area contributed by atoms with Gasteiger partial charge in [0.15, 0.2) is 5.82 Å². The summed E-state index contributed by atoms with van der Waals surface area (Å²) in [5.41, 5.74) is 2.57. The fraction of sp³-hybridized carbons (Fsp3) is 0.636. The summed E-state index contributed by atoms with van der Waals surface area (Å²) in [4.78, 5) is 10.7. The van der Waals surface area contributed by atoms with Gasteiger partial charge in [-0.05, 0) is 48.5 Å². The molecule has 1 aliphatic rings. The number of rotatable bonds is 5. The molecular formula is C11H18BrN5. The number of hydrogen-bond donors (Lipinski definition) is 2. The maximum absolute atomic E-state index is 5.42. The minimum Gasteiger partial charge on any atom is -0.353 e. The Morgan fingerprint density at radius 2 is 2.24 bits per heavy atom. The topological polar surface area (TPSA) is 67.1 Å². The average molecular weight is 300 g/mol. The maximum atomic E-state index is 5.42.